The highest BCUT2D eigenvalue weighted by atomic mass is 32.2. The van der Waals surface area contributed by atoms with Gasteiger partial charge in [-0.3, -0.25) is 14.3 Å². The van der Waals surface area contributed by atoms with Crippen molar-refractivity contribution in [1.82, 2.24) is 9.97 Å². The molecule has 1 aromatic heterocycles. The summed E-state index contributed by atoms with van der Waals surface area (Å²) in [6.07, 6.45) is 3.76. The zero-order valence-electron chi connectivity index (χ0n) is 16.2. The Kier molecular flexibility index (Phi) is 6.50. The molecule has 11 heteroatoms. The second kappa shape index (κ2) is 9.08. The van der Waals surface area contributed by atoms with E-state index in [1.54, 1.807) is 0 Å². The number of carboxylic acids is 1. The topological polar surface area (TPSA) is 148 Å². The lowest BCUT2D eigenvalue weighted by atomic mass is 9.78. The lowest BCUT2D eigenvalue weighted by Crippen LogP contribution is -2.36. The first-order valence-electron chi connectivity index (χ1n) is 9.33. The van der Waals surface area contributed by atoms with E-state index in [-0.39, 0.29) is 22.5 Å². The van der Waals surface area contributed by atoms with E-state index >= 15 is 0 Å². The third-order valence-corrected chi connectivity index (χ3v) is 6.31. The highest BCUT2D eigenvalue weighted by molar-refractivity contribution is 7.92. The van der Waals surface area contributed by atoms with Crippen LogP contribution < -0.4 is 14.8 Å². The van der Waals surface area contributed by atoms with E-state index in [2.05, 4.69) is 20.0 Å². The van der Waals surface area contributed by atoms with Gasteiger partial charge in [0.05, 0.1) is 23.8 Å². The summed E-state index contributed by atoms with van der Waals surface area (Å²) in [4.78, 5) is 31.6. The van der Waals surface area contributed by atoms with Crippen molar-refractivity contribution in [2.24, 2.45) is 11.8 Å². The zero-order valence-corrected chi connectivity index (χ0v) is 17.1. The Morgan fingerprint density at radius 2 is 1.77 bits per heavy atom. The van der Waals surface area contributed by atoms with Crippen LogP contribution in [0.5, 0.6) is 5.88 Å². The molecule has 1 fully saturated rings. The molecule has 1 amide bonds. The number of hydrogen-bond acceptors (Lipinski definition) is 7. The largest absolute Gasteiger partial charge is 0.481 e. The molecule has 1 aromatic carbocycles. The molecule has 30 heavy (non-hydrogen) atoms. The number of aromatic nitrogens is 2. The smallest absolute Gasteiger partial charge is 0.307 e. The molecule has 2 aromatic rings. The van der Waals surface area contributed by atoms with Crippen LogP contribution in [-0.2, 0) is 19.6 Å². The summed E-state index contributed by atoms with van der Waals surface area (Å²) in [5.41, 5.74) is 0.386. The maximum atomic E-state index is 12.5. The molecule has 1 aliphatic carbocycles. The molecule has 1 saturated carbocycles. The van der Waals surface area contributed by atoms with Crippen LogP contribution in [0.15, 0.2) is 41.6 Å². The van der Waals surface area contributed by atoms with Gasteiger partial charge in [0.2, 0.25) is 11.8 Å². The number of hydrogen-bond donors (Lipinski definition) is 3. The number of nitrogens with one attached hydrogen (secondary N) is 2. The average Bonchev–Trinajstić information content (AvgIpc) is 2.74. The quantitative estimate of drug-likeness (QED) is 0.600. The molecule has 0 bridgehead atoms. The SMILES string of the molecule is COc1cc(NS(=O)(=O)c2ccc(NC(=O)[C@@H]3CCCC[C@@H]3C(=O)O)cc2)ncn1. The third kappa shape index (κ3) is 5.03. The summed E-state index contributed by atoms with van der Waals surface area (Å²) in [7, 11) is -2.51. The first kappa shape index (κ1) is 21.5. The molecule has 3 N–H and O–H groups in total. The predicted octanol–water partition coefficient (Wildman–Crippen LogP) is 2.12. The van der Waals surface area contributed by atoms with Gasteiger partial charge in [-0.1, -0.05) is 12.8 Å². The number of carboxylic acid groups (broad SMARTS) is 1. The number of methoxy groups -OCH3 is 1. The number of ether oxygens (including phenoxy) is 1. The van der Waals surface area contributed by atoms with Crippen molar-refractivity contribution < 1.29 is 27.9 Å². The minimum atomic E-state index is -3.91. The number of anilines is 2. The number of nitrogens with zero attached hydrogens (tertiary/aromatic N) is 2. The van der Waals surface area contributed by atoms with Gasteiger partial charge in [-0.15, -0.1) is 0 Å². The van der Waals surface area contributed by atoms with E-state index in [4.69, 9.17) is 4.74 Å². The molecular weight excluding hydrogens is 412 g/mol. The zero-order chi connectivity index (χ0) is 21.7. The molecule has 2 atom stereocenters. The standard InChI is InChI=1S/C19H22N4O6S/c1-29-17-10-16(20-11-21-17)23-30(27,28)13-8-6-12(7-9-13)22-18(24)14-4-2-3-5-15(14)19(25)26/h6-11,14-15H,2-5H2,1H3,(H,22,24)(H,25,26)(H,20,21,23)/t14-,15+/m1/s1. The predicted molar refractivity (Wildman–Crippen MR) is 108 cm³/mol. The van der Waals surface area contributed by atoms with E-state index in [1.165, 1.54) is 43.8 Å². The van der Waals surface area contributed by atoms with Crippen LogP contribution in [0.25, 0.3) is 0 Å². The van der Waals surface area contributed by atoms with E-state index in [9.17, 15) is 23.1 Å². The first-order chi connectivity index (χ1) is 14.3. The minimum Gasteiger partial charge on any atom is -0.481 e. The van der Waals surface area contributed by atoms with Crippen molar-refractivity contribution in [1.29, 1.82) is 0 Å². The number of rotatable bonds is 7. The Morgan fingerprint density at radius 1 is 1.10 bits per heavy atom. The van der Waals surface area contributed by atoms with Crippen molar-refractivity contribution in [3.8, 4) is 5.88 Å². The minimum absolute atomic E-state index is 0.0286. The van der Waals surface area contributed by atoms with Gasteiger partial charge in [-0.25, -0.2) is 18.4 Å². The van der Waals surface area contributed by atoms with E-state index in [0.717, 1.165) is 12.8 Å². The Balaban J connectivity index is 1.69. The lowest BCUT2D eigenvalue weighted by Gasteiger charge is -2.27. The van der Waals surface area contributed by atoms with Crippen LogP contribution in [0.1, 0.15) is 25.7 Å². The summed E-state index contributed by atoms with van der Waals surface area (Å²) < 4.78 is 32.3. The van der Waals surface area contributed by atoms with Gasteiger partial charge in [0.1, 0.15) is 12.1 Å². The Hall–Kier alpha value is -3.21. The molecule has 0 spiro atoms. The number of amides is 1. The van der Waals surface area contributed by atoms with Crippen LogP contribution in [0.2, 0.25) is 0 Å². The fourth-order valence-corrected chi connectivity index (χ4v) is 4.40. The van der Waals surface area contributed by atoms with E-state index in [0.29, 0.717) is 18.5 Å². The third-order valence-electron chi connectivity index (χ3n) is 4.94. The van der Waals surface area contributed by atoms with Crippen LogP contribution in [0.4, 0.5) is 11.5 Å². The number of carbonyl (C=O) groups excluding carboxylic acids is 1. The fourth-order valence-electron chi connectivity index (χ4n) is 3.40. The fraction of sp³-hybridized carbons (Fsp3) is 0.368. The van der Waals surface area contributed by atoms with Gasteiger partial charge < -0.3 is 15.2 Å². The summed E-state index contributed by atoms with van der Waals surface area (Å²) in [5, 5.41) is 12.0. The van der Waals surface area contributed by atoms with Gasteiger partial charge >= 0.3 is 5.97 Å². The van der Waals surface area contributed by atoms with Crippen molar-refractivity contribution >= 4 is 33.4 Å². The first-order valence-corrected chi connectivity index (χ1v) is 10.8. The van der Waals surface area contributed by atoms with E-state index < -0.39 is 27.8 Å². The van der Waals surface area contributed by atoms with Crippen LogP contribution in [0.3, 0.4) is 0 Å². The highest BCUT2D eigenvalue weighted by Crippen LogP contribution is 2.31. The molecule has 0 aliphatic heterocycles. The molecular formula is C19H22N4O6S. The molecule has 0 unspecified atom stereocenters. The summed E-state index contributed by atoms with van der Waals surface area (Å²) in [5.74, 6) is -2.38. The van der Waals surface area contributed by atoms with Crippen molar-refractivity contribution in [3.63, 3.8) is 0 Å². The van der Waals surface area contributed by atoms with Crippen LogP contribution >= 0.6 is 0 Å². The lowest BCUT2D eigenvalue weighted by molar-refractivity contribution is -0.147. The van der Waals surface area contributed by atoms with Gasteiger partial charge in [-0.2, -0.15) is 0 Å². The van der Waals surface area contributed by atoms with Crippen molar-refractivity contribution in [2.75, 3.05) is 17.1 Å². The molecule has 0 radical (unpaired) electrons. The number of sulfonamides is 1. The van der Waals surface area contributed by atoms with Gasteiger partial charge in [-0.05, 0) is 37.1 Å². The maximum Gasteiger partial charge on any atom is 0.307 e. The monoisotopic (exact) mass is 434 g/mol. The van der Waals surface area contributed by atoms with Crippen molar-refractivity contribution in [2.45, 2.75) is 30.6 Å². The maximum absolute atomic E-state index is 12.5. The van der Waals surface area contributed by atoms with E-state index in [1.807, 2.05) is 0 Å². The second-order valence-electron chi connectivity index (χ2n) is 6.90. The molecule has 1 aliphatic rings. The molecule has 3 rings (SSSR count). The van der Waals surface area contributed by atoms with Gasteiger partial charge in [0.25, 0.3) is 10.0 Å². The Labute approximate surface area is 173 Å². The average molecular weight is 434 g/mol. The summed E-state index contributed by atoms with van der Waals surface area (Å²) >= 11 is 0. The summed E-state index contributed by atoms with van der Waals surface area (Å²) in [6, 6.07) is 6.92. The molecule has 10 nitrogen and oxygen atoms in total. The number of carbonyl (C=O) groups is 2. The molecule has 160 valence electrons. The van der Waals surface area contributed by atoms with Gasteiger partial charge in [0.15, 0.2) is 0 Å². The molecule has 0 saturated heterocycles. The highest BCUT2D eigenvalue weighted by Gasteiger charge is 2.35. The van der Waals surface area contributed by atoms with Gasteiger partial charge in [0, 0.05) is 11.8 Å². The van der Waals surface area contributed by atoms with Crippen molar-refractivity contribution in [3.05, 3.63) is 36.7 Å². The normalized spacial score (nSPS) is 19.0. The Bertz CT molecular complexity index is 1030. The van der Waals surface area contributed by atoms with Crippen LogP contribution in [0, 0.1) is 11.8 Å². The summed E-state index contributed by atoms with van der Waals surface area (Å²) in [6.45, 7) is 0. The Morgan fingerprint density at radius 3 is 2.40 bits per heavy atom. The second-order valence-corrected chi connectivity index (χ2v) is 8.58. The number of benzene rings is 1. The molecule has 1 heterocycles. The van der Waals surface area contributed by atoms with Crippen LogP contribution in [-0.4, -0.2) is 42.5 Å². The number of aliphatic carboxylic acids is 1.